The van der Waals surface area contributed by atoms with Gasteiger partial charge in [-0.3, -0.25) is 8.80 Å². The first-order valence-electron chi connectivity index (χ1n) is 17.7. The standard InChI is InChI=1S/C20H32PSi.C18H26P.Ni/c1-22(2)20-16-10-9-15-19(20)21(17-11-5-3-6-12-17)18-13-7-4-8-14-18;1-4-10-16(11-5-1)19(17-12-6-2-7-13-17)18-14-8-3-9-15-18;/h9-10,15-18H,3-8,11-14H2,1-2H3;1,4-5,10,17-18H,2-3,6-9,12-15H2;/q2*-1;+2. The maximum absolute atomic E-state index is 3.59. The van der Waals surface area contributed by atoms with Crippen LogP contribution in [-0.2, 0) is 16.5 Å². The van der Waals surface area contributed by atoms with Crippen LogP contribution in [0.3, 0.4) is 0 Å². The predicted octanol–water partition coefficient (Wildman–Crippen LogP) is 10.7. The van der Waals surface area contributed by atoms with E-state index >= 15 is 0 Å². The Balaban J connectivity index is 0.000000190. The van der Waals surface area contributed by atoms with Gasteiger partial charge in [0.25, 0.3) is 0 Å². The SMILES string of the molecule is C[Si-](C)c1ccccc1P(C1CCCCC1)C1CCCCC1.[Ni+2].[c-]1ccccc1P(C1CCCCC1)C1CCCCC1. The van der Waals surface area contributed by atoms with E-state index in [-0.39, 0.29) is 41.1 Å². The molecule has 0 amide bonds. The van der Waals surface area contributed by atoms with Crippen LogP contribution in [0.5, 0.6) is 0 Å². The Bertz CT molecular complexity index is 953. The van der Waals surface area contributed by atoms with Crippen molar-refractivity contribution in [3.05, 3.63) is 54.6 Å². The Morgan fingerprint density at radius 3 is 1.33 bits per heavy atom. The molecule has 0 unspecified atom stereocenters. The second-order valence-electron chi connectivity index (χ2n) is 13.7. The van der Waals surface area contributed by atoms with E-state index in [1.165, 1.54) is 128 Å². The van der Waals surface area contributed by atoms with E-state index in [1.54, 1.807) is 10.5 Å². The summed E-state index contributed by atoms with van der Waals surface area (Å²) >= 11 is 0. The molecule has 4 aliphatic rings. The van der Waals surface area contributed by atoms with E-state index in [9.17, 15) is 0 Å². The molecule has 0 aromatic heterocycles. The van der Waals surface area contributed by atoms with Gasteiger partial charge in [0.15, 0.2) is 0 Å². The van der Waals surface area contributed by atoms with Crippen molar-refractivity contribution in [1.82, 2.24) is 0 Å². The van der Waals surface area contributed by atoms with Crippen molar-refractivity contribution in [2.75, 3.05) is 0 Å². The molecule has 0 saturated heterocycles. The van der Waals surface area contributed by atoms with Crippen molar-refractivity contribution in [3.63, 3.8) is 0 Å². The number of hydrogen-bond donors (Lipinski definition) is 0. The molecular weight excluding hydrogens is 605 g/mol. The van der Waals surface area contributed by atoms with Gasteiger partial charge in [0.2, 0.25) is 0 Å². The van der Waals surface area contributed by atoms with E-state index in [0.29, 0.717) is 0 Å². The van der Waals surface area contributed by atoms with Crippen LogP contribution in [0.25, 0.3) is 0 Å². The quantitative estimate of drug-likeness (QED) is 0.157. The monoisotopic (exact) mass is 662 g/mol. The summed E-state index contributed by atoms with van der Waals surface area (Å²) in [4.78, 5) is 0. The van der Waals surface area contributed by atoms with Crippen LogP contribution in [0.15, 0.2) is 48.5 Å². The zero-order valence-electron chi connectivity index (χ0n) is 26.8. The minimum absolute atomic E-state index is 0. The minimum atomic E-state index is -0.346. The van der Waals surface area contributed by atoms with Crippen molar-refractivity contribution in [1.29, 1.82) is 0 Å². The summed E-state index contributed by atoms with van der Waals surface area (Å²) in [6, 6.07) is 22.0. The first kappa shape index (κ1) is 34.9. The van der Waals surface area contributed by atoms with Crippen LogP contribution in [0.1, 0.15) is 128 Å². The smallest absolute Gasteiger partial charge is 0.291 e. The predicted molar refractivity (Wildman–Crippen MR) is 189 cm³/mol. The molecule has 2 aromatic rings. The normalized spacial score (nSPS) is 21.4. The summed E-state index contributed by atoms with van der Waals surface area (Å²) in [6.45, 7) is 4.97. The third-order valence-corrected chi connectivity index (χ3v) is 19.3. The van der Waals surface area contributed by atoms with Gasteiger partial charge in [-0.05, 0) is 74.0 Å². The maximum atomic E-state index is 3.59. The van der Waals surface area contributed by atoms with Crippen molar-refractivity contribution in [2.24, 2.45) is 0 Å². The van der Waals surface area contributed by atoms with E-state index in [4.69, 9.17) is 0 Å². The molecule has 42 heavy (non-hydrogen) atoms. The van der Waals surface area contributed by atoms with Crippen LogP contribution >= 0.6 is 15.8 Å². The van der Waals surface area contributed by atoms with Gasteiger partial charge in [-0.2, -0.15) is 48.6 Å². The zero-order chi connectivity index (χ0) is 28.3. The van der Waals surface area contributed by atoms with E-state index in [0.717, 1.165) is 22.6 Å². The van der Waals surface area contributed by atoms with Gasteiger partial charge < -0.3 is 0 Å². The average Bonchev–Trinajstić information content (AvgIpc) is 3.04. The van der Waals surface area contributed by atoms with Gasteiger partial charge in [0.1, 0.15) is 0 Å². The van der Waals surface area contributed by atoms with Crippen LogP contribution in [0, 0.1) is 6.07 Å². The molecule has 2 aromatic carbocycles. The Morgan fingerprint density at radius 1 is 0.524 bits per heavy atom. The molecule has 6 rings (SSSR count). The van der Waals surface area contributed by atoms with Gasteiger partial charge in [0.05, 0.1) is 0 Å². The Morgan fingerprint density at radius 2 is 0.929 bits per heavy atom. The summed E-state index contributed by atoms with van der Waals surface area (Å²) < 4.78 is 0. The first-order valence-corrected chi connectivity index (χ1v) is 23.1. The number of benzene rings is 2. The zero-order valence-corrected chi connectivity index (χ0v) is 30.6. The average molecular weight is 664 g/mol. The van der Waals surface area contributed by atoms with Crippen LogP contribution in [0.2, 0.25) is 13.1 Å². The molecule has 234 valence electrons. The Hall–Kier alpha value is 0.0104. The summed E-state index contributed by atoms with van der Waals surface area (Å²) in [6.07, 6.45) is 29.8. The molecule has 4 heteroatoms. The third-order valence-electron chi connectivity index (χ3n) is 10.6. The van der Waals surface area contributed by atoms with Gasteiger partial charge in [-0.1, -0.05) is 122 Å². The molecule has 0 heterocycles. The van der Waals surface area contributed by atoms with Crippen molar-refractivity contribution in [2.45, 2.75) is 164 Å². The molecule has 0 N–H and O–H groups in total. The topological polar surface area (TPSA) is 0 Å². The van der Waals surface area contributed by atoms with E-state index in [1.807, 2.05) is 5.30 Å². The van der Waals surface area contributed by atoms with E-state index < -0.39 is 0 Å². The molecular formula is C38H58NiP2Si. The summed E-state index contributed by atoms with van der Waals surface area (Å²) in [5, 5.41) is 5.17. The van der Waals surface area contributed by atoms with Gasteiger partial charge in [-0.25, -0.2) is 0 Å². The van der Waals surface area contributed by atoms with Crippen molar-refractivity contribution < 1.29 is 16.5 Å². The maximum Gasteiger partial charge on any atom is 2.00 e. The Labute approximate surface area is 274 Å². The molecule has 4 saturated carbocycles. The van der Waals surface area contributed by atoms with Crippen LogP contribution in [-0.4, -0.2) is 31.4 Å². The van der Waals surface area contributed by atoms with Crippen LogP contribution in [0.4, 0.5) is 0 Å². The third kappa shape index (κ3) is 9.75. The minimum Gasteiger partial charge on any atom is -0.291 e. The molecule has 0 aliphatic heterocycles. The van der Waals surface area contributed by atoms with Gasteiger partial charge >= 0.3 is 16.5 Å². The fourth-order valence-corrected chi connectivity index (χ4v) is 18.1. The number of rotatable bonds is 7. The summed E-state index contributed by atoms with van der Waals surface area (Å²) in [5.41, 5.74) is 4.08. The van der Waals surface area contributed by atoms with Crippen LogP contribution < -0.4 is 15.8 Å². The molecule has 0 bridgehead atoms. The molecule has 0 spiro atoms. The molecule has 0 radical (unpaired) electrons. The second kappa shape index (κ2) is 18.9. The molecule has 0 nitrogen and oxygen atoms in total. The summed E-state index contributed by atoms with van der Waals surface area (Å²) in [5.74, 6) is 0. The van der Waals surface area contributed by atoms with E-state index in [2.05, 4.69) is 67.7 Å². The van der Waals surface area contributed by atoms with Gasteiger partial charge in [0, 0.05) is 0 Å². The fraction of sp³-hybridized carbons (Fsp3) is 0.684. The van der Waals surface area contributed by atoms with Crippen molar-refractivity contribution >= 4 is 40.4 Å². The largest absolute Gasteiger partial charge is 2.00 e. The van der Waals surface area contributed by atoms with Crippen molar-refractivity contribution in [3.8, 4) is 0 Å². The molecule has 4 aliphatic carbocycles. The molecule has 4 fully saturated rings. The fourth-order valence-electron chi connectivity index (χ4n) is 8.49. The number of hydrogen-bond acceptors (Lipinski definition) is 0. The first-order chi connectivity index (χ1) is 20.2. The van der Waals surface area contributed by atoms with Gasteiger partial charge in [-0.15, -0.1) is 5.30 Å². The Kier molecular flexibility index (Phi) is 15.7. The summed E-state index contributed by atoms with van der Waals surface area (Å²) in [7, 11) is -0.213. The molecule has 0 atom stereocenters. The second-order valence-corrected chi connectivity index (χ2v) is 21.8.